The summed E-state index contributed by atoms with van der Waals surface area (Å²) in [4.78, 5) is 64.2. The number of carboxylic acid groups (broad SMARTS) is 2. The third kappa shape index (κ3) is 15.9. The molecule has 14 heteroatoms. The van der Waals surface area contributed by atoms with Gasteiger partial charge in [0.2, 0.25) is 17.7 Å². The van der Waals surface area contributed by atoms with E-state index < -0.39 is 47.8 Å². The molecule has 13 nitrogen and oxygen atoms in total. The van der Waals surface area contributed by atoms with E-state index in [4.69, 9.17) is 16.6 Å². The molecule has 0 unspecified atom stereocenters. The van der Waals surface area contributed by atoms with Crippen LogP contribution in [0.5, 0.6) is 0 Å². The maximum absolute atomic E-state index is 13.4. The number of carboxylic acids is 2. The highest BCUT2D eigenvalue weighted by molar-refractivity contribution is 6.35. The lowest BCUT2D eigenvalue weighted by atomic mass is 10.0. The highest BCUT2D eigenvalue weighted by Crippen LogP contribution is 2.19. The quantitative estimate of drug-likeness (QED) is 0.0536. The van der Waals surface area contributed by atoms with Gasteiger partial charge in [-0.05, 0) is 43.4 Å². The average molecular weight is 687 g/mol. The lowest BCUT2D eigenvalue weighted by Gasteiger charge is -2.21. The second kappa shape index (κ2) is 22.8. The molecule has 3 amide bonds. The van der Waals surface area contributed by atoms with Crippen molar-refractivity contribution in [3.63, 3.8) is 0 Å². The Morgan fingerprint density at radius 1 is 0.854 bits per heavy atom. The first-order valence-corrected chi connectivity index (χ1v) is 18.5. The predicted octanol–water partition coefficient (Wildman–Crippen LogP) is 2.86. The van der Waals surface area contributed by atoms with Crippen LogP contribution in [-0.2, 0) is 30.4 Å². The Morgan fingerprint density at radius 3 is 2.31 bits per heavy atom. The Morgan fingerprint density at radius 2 is 1.58 bits per heavy atom. The van der Waals surface area contributed by atoms with Gasteiger partial charge in [-0.15, -0.1) is 0 Å². The van der Waals surface area contributed by atoms with E-state index in [1.807, 2.05) is 24.3 Å². The van der Waals surface area contributed by atoms with Crippen LogP contribution in [0.25, 0.3) is 10.9 Å². The highest BCUT2D eigenvalue weighted by atomic mass is 28.2. The fourth-order valence-electron chi connectivity index (χ4n) is 5.36. The number of para-hydroxylation sites is 1. The summed E-state index contributed by atoms with van der Waals surface area (Å²) >= 11 is 0. The predicted molar refractivity (Wildman–Crippen MR) is 187 cm³/mol. The number of aliphatic carboxylic acids is 2. The molecule has 1 aromatic heterocycles. The average Bonchev–Trinajstić information content (AvgIpc) is 3.46. The second-order valence-electron chi connectivity index (χ2n) is 12.3. The van der Waals surface area contributed by atoms with Crippen molar-refractivity contribution in [2.75, 3.05) is 6.54 Å². The van der Waals surface area contributed by atoms with E-state index in [-0.39, 0.29) is 44.7 Å². The van der Waals surface area contributed by atoms with Crippen LogP contribution < -0.4 is 27.4 Å². The van der Waals surface area contributed by atoms with Crippen LogP contribution in [0.15, 0.2) is 30.5 Å². The van der Waals surface area contributed by atoms with Crippen LogP contribution >= 0.6 is 0 Å². The number of nitrogens with two attached hydrogens (primary N) is 2. The third-order valence-electron chi connectivity index (χ3n) is 8.20. The molecular weight excluding hydrogens is 632 g/mol. The summed E-state index contributed by atoms with van der Waals surface area (Å²) in [7, 11) is 0.591. The number of hydrogen-bond donors (Lipinski definition) is 8. The smallest absolute Gasteiger partial charge is 0.326 e. The van der Waals surface area contributed by atoms with E-state index >= 15 is 0 Å². The molecule has 48 heavy (non-hydrogen) atoms. The fraction of sp³-hybridized carbons (Fsp3) is 0.618. The molecule has 266 valence electrons. The van der Waals surface area contributed by atoms with Crippen molar-refractivity contribution in [1.82, 2.24) is 20.9 Å². The lowest BCUT2D eigenvalue weighted by molar-refractivity contribution is -0.142. The molecule has 0 fully saturated rings. The first-order chi connectivity index (χ1) is 23.0. The van der Waals surface area contributed by atoms with Gasteiger partial charge in [0.15, 0.2) is 0 Å². The molecule has 0 spiro atoms. The number of fused-ring (bicyclic) bond motifs is 1. The number of nitrogens with one attached hydrogen (secondary N) is 4. The SMILES string of the molecule is CCCCCCCC[C@H](N)C[Si]CC[C@H](N)C(=O)N[C@H](Cc1c[nH]c2ccccc12)C(=O)NCC[C@@H](NC(=O)CCCC(=O)O)C(=O)O. The number of benzene rings is 1. The van der Waals surface area contributed by atoms with Crippen LogP contribution in [0, 0.1) is 0 Å². The first kappa shape index (κ1) is 40.4. The number of aromatic amines is 1. The molecule has 4 atom stereocenters. The summed E-state index contributed by atoms with van der Waals surface area (Å²) in [5, 5.41) is 27.1. The van der Waals surface area contributed by atoms with Gasteiger partial charge in [-0.2, -0.15) is 0 Å². The van der Waals surface area contributed by atoms with E-state index in [9.17, 15) is 29.1 Å². The molecule has 0 aliphatic heterocycles. The monoisotopic (exact) mass is 686 g/mol. The molecule has 0 aliphatic rings. The van der Waals surface area contributed by atoms with E-state index in [0.717, 1.165) is 41.4 Å². The number of aromatic nitrogens is 1. The van der Waals surface area contributed by atoms with Gasteiger partial charge in [0.1, 0.15) is 12.1 Å². The largest absolute Gasteiger partial charge is 0.481 e. The molecule has 2 rings (SSSR count). The van der Waals surface area contributed by atoms with Crippen molar-refractivity contribution in [3.8, 4) is 0 Å². The molecule has 0 aliphatic carbocycles. The third-order valence-corrected chi connectivity index (χ3v) is 9.65. The minimum absolute atomic E-state index is 0.0782. The molecule has 1 heterocycles. The summed E-state index contributed by atoms with van der Waals surface area (Å²) < 4.78 is 0. The van der Waals surface area contributed by atoms with Gasteiger partial charge in [-0.25, -0.2) is 4.79 Å². The number of carbonyl (C=O) groups is 5. The molecule has 0 bridgehead atoms. The van der Waals surface area contributed by atoms with Crippen LogP contribution in [0.3, 0.4) is 0 Å². The Hall–Kier alpha value is -3.75. The molecule has 10 N–H and O–H groups in total. The van der Waals surface area contributed by atoms with Crippen LogP contribution in [-0.4, -0.2) is 85.1 Å². The maximum atomic E-state index is 13.4. The first-order valence-electron chi connectivity index (χ1n) is 17.1. The van der Waals surface area contributed by atoms with Crippen molar-refractivity contribution in [1.29, 1.82) is 0 Å². The zero-order chi connectivity index (χ0) is 35.3. The highest BCUT2D eigenvalue weighted by Gasteiger charge is 2.26. The van der Waals surface area contributed by atoms with Gasteiger partial charge in [0, 0.05) is 58.5 Å². The molecule has 2 radical (unpaired) electrons. The zero-order valence-electron chi connectivity index (χ0n) is 28.1. The fourth-order valence-corrected chi connectivity index (χ4v) is 6.65. The summed E-state index contributed by atoms with van der Waals surface area (Å²) in [5.74, 6) is -3.88. The number of hydrogen-bond acceptors (Lipinski definition) is 7. The summed E-state index contributed by atoms with van der Waals surface area (Å²) in [6.07, 6.45) is 10.4. The Kier molecular flexibility index (Phi) is 19.2. The number of unbranched alkanes of at least 4 members (excludes halogenated alkanes) is 5. The van der Waals surface area contributed by atoms with Crippen LogP contribution in [0.1, 0.15) is 89.5 Å². The van der Waals surface area contributed by atoms with Gasteiger partial charge in [-0.3, -0.25) is 19.2 Å². The normalized spacial score (nSPS) is 13.7. The Balaban J connectivity index is 1.91. The minimum Gasteiger partial charge on any atom is -0.481 e. The van der Waals surface area contributed by atoms with Crippen LogP contribution in [0.4, 0.5) is 0 Å². The van der Waals surface area contributed by atoms with Crippen molar-refractivity contribution in [3.05, 3.63) is 36.0 Å². The van der Waals surface area contributed by atoms with Crippen molar-refractivity contribution >= 4 is 50.1 Å². The van der Waals surface area contributed by atoms with Gasteiger partial charge < -0.3 is 42.6 Å². The Labute approximate surface area is 285 Å². The Bertz CT molecular complexity index is 1310. The second-order valence-corrected chi connectivity index (χ2v) is 13.7. The van der Waals surface area contributed by atoms with Crippen molar-refractivity contribution < 1.29 is 34.2 Å². The van der Waals surface area contributed by atoms with Gasteiger partial charge in [-0.1, -0.05) is 69.7 Å². The zero-order valence-corrected chi connectivity index (χ0v) is 29.1. The summed E-state index contributed by atoms with van der Waals surface area (Å²) in [5.41, 5.74) is 14.2. The number of carbonyl (C=O) groups excluding carboxylic acids is 3. The van der Waals surface area contributed by atoms with E-state index in [1.54, 1.807) is 6.20 Å². The number of H-pyrrole nitrogens is 1. The van der Waals surface area contributed by atoms with Gasteiger partial charge in [0.25, 0.3) is 0 Å². The summed E-state index contributed by atoms with van der Waals surface area (Å²) in [6, 6.07) is 6.33. The van der Waals surface area contributed by atoms with Crippen LogP contribution in [0.2, 0.25) is 12.1 Å². The van der Waals surface area contributed by atoms with Crippen molar-refractivity contribution in [2.45, 2.75) is 127 Å². The molecule has 1 aromatic carbocycles. The number of amides is 3. The van der Waals surface area contributed by atoms with E-state index in [1.165, 1.54) is 32.1 Å². The molecule has 0 saturated carbocycles. The standard InChI is InChI=1S/C34H54N6O7Si/c1-2-3-4-5-6-7-11-24(35)22-48-19-17-26(36)32(44)40-29(20-23-21-38-27-13-9-8-12-25(23)27)33(45)37-18-16-28(34(46)47)39-30(41)14-10-15-31(42)43/h8-9,12-13,21,24,26,28-29,38H,2-7,10-11,14-20,22,35-36H2,1H3,(H,37,45)(H,39,41)(H,40,44)(H,42,43)(H,46,47)/t24-,26-,28+,29+/m0/s1. The van der Waals surface area contributed by atoms with Gasteiger partial charge in [0.05, 0.1) is 6.04 Å². The maximum Gasteiger partial charge on any atom is 0.326 e. The topological polar surface area (TPSA) is 230 Å². The minimum atomic E-state index is -1.28. The molecular formula is C34H54N6O7Si. The number of rotatable bonds is 26. The van der Waals surface area contributed by atoms with Gasteiger partial charge >= 0.3 is 11.9 Å². The van der Waals surface area contributed by atoms with E-state index in [2.05, 4.69) is 27.9 Å². The van der Waals surface area contributed by atoms with Crippen molar-refractivity contribution in [2.24, 2.45) is 11.5 Å². The van der Waals surface area contributed by atoms with E-state index in [0.29, 0.717) is 15.9 Å². The molecule has 0 saturated heterocycles. The summed E-state index contributed by atoms with van der Waals surface area (Å²) in [6.45, 7) is 2.12. The molecule has 2 aromatic rings. The lowest BCUT2D eigenvalue weighted by Crippen LogP contribution is -2.53.